The highest BCUT2D eigenvalue weighted by atomic mass is 32.2. The number of ether oxygens (including phenoxy) is 1. The molecule has 0 aliphatic rings. The van der Waals surface area contributed by atoms with Gasteiger partial charge in [-0.2, -0.15) is 0 Å². The predicted molar refractivity (Wildman–Crippen MR) is 88.7 cm³/mol. The van der Waals surface area contributed by atoms with Crippen LogP contribution in [0.25, 0.3) is 0 Å². The van der Waals surface area contributed by atoms with Crippen molar-refractivity contribution in [3.8, 4) is 0 Å². The van der Waals surface area contributed by atoms with Crippen molar-refractivity contribution in [1.82, 2.24) is 9.97 Å². The fourth-order valence-electron chi connectivity index (χ4n) is 1.75. The number of ketones is 1. The van der Waals surface area contributed by atoms with Gasteiger partial charge in [0, 0.05) is 29.4 Å². The van der Waals surface area contributed by atoms with Gasteiger partial charge < -0.3 is 10.1 Å². The largest absolute Gasteiger partial charge is 0.457 e. The number of thioether (sulfide) groups is 1. The van der Waals surface area contributed by atoms with Crippen molar-refractivity contribution >= 4 is 29.5 Å². The maximum absolute atomic E-state index is 11.9. The number of nitrogens with one attached hydrogen (secondary N) is 1. The highest BCUT2D eigenvalue weighted by molar-refractivity contribution is 7.98. The lowest BCUT2D eigenvalue weighted by atomic mass is 10.1. The van der Waals surface area contributed by atoms with Gasteiger partial charge in [-0.25, -0.2) is 9.97 Å². The molecule has 0 aliphatic carbocycles. The van der Waals surface area contributed by atoms with Crippen LogP contribution in [0.2, 0.25) is 0 Å². The minimum Gasteiger partial charge on any atom is -0.457 e. The molecule has 1 aromatic heterocycles. The number of Topliss-reactive ketones (excluding diaryl/α,β-unsaturated/α-hetero) is 1. The van der Waals surface area contributed by atoms with Gasteiger partial charge in [0.05, 0.1) is 6.42 Å². The van der Waals surface area contributed by atoms with E-state index in [-0.39, 0.29) is 18.8 Å². The van der Waals surface area contributed by atoms with Crippen molar-refractivity contribution < 1.29 is 14.3 Å². The zero-order chi connectivity index (χ0) is 16.5. The molecule has 7 heteroatoms. The van der Waals surface area contributed by atoms with E-state index in [4.69, 9.17) is 4.74 Å². The van der Waals surface area contributed by atoms with Crippen LogP contribution in [0, 0.1) is 0 Å². The summed E-state index contributed by atoms with van der Waals surface area (Å²) in [5.41, 5.74) is 0.534. The Morgan fingerprint density at radius 2 is 1.87 bits per heavy atom. The number of nitrogens with zero attached hydrogens (tertiary/aromatic N) is 2. The molecule has 0 fully saturated rings. The van der Waals surface area contributed by atoms with E-state index in [1.807, 2.05) is 18.4 Å². The van der Waals surface area contributed by atoms with Gasteiger partial charge in [-0.1, -0.05) is 12.1 Å². The van der Waals surface area contributed by atoms with Gasteiger partial charge in [0.15, 0.2) is 12.4 Å². The van der Waals surface area contributed by atoms with Crippen LogP contribution in [0.4, 0.5) is 5.95 Å². The van der Waals surface area contributed by atoms with E-state index in [0.29, 0.717) is 18.1 Å². The number of esters is 1. The Hall–Kier alpha value is -2.41. The molecule has 0 unspecified atom stereocenters. The Kier molecular flexibility index (Phi) is 6.56. The minimum atomic E-state index is -0.442. The Morgan fingerprint density at radius 1 is 1.17 bits per heavy atom. The molecular weight excluding hydrogens is 314 g/mol. The molecule has 0 atom stereocenters. The second-order valence-corrected chi connectivity index (χ2v) is 5.44. The summed E-state index contributed by atoms with van der Waals surface area (Å²) in [5, 5.41) is 2.90. The third kappa shape index (κ3) is 5.71. The summed E-state index contributed by atoms with van der Waals surface area (Å²) in [7, 11) is 0. The molecule has 0 amide bonds. The van der Waals surface area contributed by atoms with Crippen molar-refractivity contribution in [2.75, 3.05) is 24.7 Å². The topological polar surface area (TPSA) is 81.2 Å². The van der Waals surface area contributed by atoms with E-state index >= 15 is 0 Å². The van der Waals surface area contributed by atoms with E-state index in [0.717, 1.165) is 4.90 Å². The fourth-order valence-corrected chi connectivity index (χ4v) is 2.15. The fraction of sp³-hybridized carbons (Fsp3) is 0.250. The quantitative estimate of drug-likeness (QED) is 0.452. The first-order valence-corrected chi connectivity index (χ1v) is 8.25. The minimum absolute atomic E-state index is 0.136. The maximum atomic E-state index is 11.9. The third-order valence-corrected chi connectivity index (χ3v) is 3.70. The molecular formula is C16H17N3O3S. The van der Waals surface area contributed by atoms with Crippen LogP contribution in [0.15, 0.2) is 47.6 Å². The number of anilines is 1. The molecule has 0 aliphatic heterocycles. The molecule has 0 saturated carbocycles. The van der Waals surface area contributed by atoms with Gasteiger partial charge in [-0.15, -0.1) is 11.8 Å². The van der Waals surface area contributed by atoms with Crippen LogP contribution in [-0.2, 0) is 9.53 Å². The summed E-state index contributed by atoms with van der Waals surface area (Å²) in [6, 6.07) is 8.90. The van der Waals surface area contributed by atoms with Crippen LogP contribution in [-0.4, -0.2) is 41.1 Å². The molecule has 2 aromatic rings. The Balaban J connectivity index is 1.70. The molecule has 1 heterocycles. The third-order valence-electron chi connectivity index (χ3n) is 2.95. The smallest absolute Gasteiger partial charge is 0.308 e. The summed E-state index contributed by atoms with van der Waals surface area (Å²) in [6.45, 7) is 0.0960. The summed E-state index contributed by atoms with van der Waals surface area (Å²) in [6.07, 6.45) is 5.31. The van der Waals surface area contributed by atoms with E-state index < -0.39 is 5.97 Å². The molecule has 0 radical (unpaired) electrons. The lowest BCUT2D eigenvalue weighted by Gasteiger charge is -2.06. The van der Waals surface area contributed by atoms with Crippen molar-refractivity contribution in [3.63, 3.8) is 0 Å². The maximum Gasteiger partial charge on any atom is 0.308 e. The molecule has 23 heavy (non-hydrogen) atoms. The van der Waals surface area contributed by atoms with E-state index in [2.05, 4.69) is 15.3 Å². The zero-order valence-electron chi connectivity index (χ0n) is 12.7. The molecule has 0 bridgehead atoms. The van der Waals surface area contributed by atoms with Crippen LogP contribution < -0.4 is 5.32 Å². The Morgan fingerprint density at radius 3 is 2.52 bits per heavy atom. The van der Waals surface area contributed by atoms with Crippen LogP contribution in [0.1, 0.15) is 16.8 Å². The Labute approximate surface area is 138 Å². The number of hydrogen-bond donors (Lipinski definition) is 1. The number of carbonyl (C=O) groups is 2. The first kappa shape index (κ1) is 17.0. The Bertz CT molecular complexity index is 647. The standard InChI is InChI=1S/C16H17N3O3S/c1-23-13-5-3-12(4-6-13)14(20)11-22-15(21)7-10-19-16-17-8-2-9-18-16/h2-6,8-9H,7,10-11H2,1H3,(H,17,18,19). The first-order valence-electron chi connectivity index (χ1n) is 7.03. The molecule has 0 spiro atoms. The molecule has 2 rings (SSSR count). The van der Waals surface area contributed by atoms with Gasteiger partial charge >= 0.3 is 5.97 Å². The monoisotopic (exact) mass is 331 g/mol. The SMILES string of the molecule is CSc1ccc(C(=O)COC(=O)CCNc2ncccn2)cc1. The lowest BCUT2D eigenvalue weighted by Crippen LogP contribution is -2.17. The second-order valence-electron chi connectivity index (χ2n) is 4.56. The highest BCUT2D eigenvalue weighted by Gasteiger charge is 2.10. The summed E-state index contributed by atoms with van der Waals surface area (Å²) < 4.78 is 4.98. The van der Waals surface area contributed by atoms with Crippen molar-refractivity contribution in [1.29, 1.82) is 0 Å². The zero-order valence-corrected chi connectivity index (χ0v) is 13.5. The van der Waals surface area contributed by atoms with Crippen molar-refractivity contribution in [2.24, 2.45) is 0 Å². The normalized spacial score (nSPS) is 10.1. The lowest BCUT2D eigenvalue weighted by molar-refractivity contribution is -0.142. The molecule has 1 aromatic carbocycles. The number of hydrogen-bond acceptors (Lipinski definition) is 7. The van der Waals surface area contributed by atoms with Crippen molar-refractivity contribution in [3.05, 3.63) is 48.3 Å². The van der Waals surface area contributed by atoms with Gasteiger partial charge in [0.25, 0.3) is 0 Å². The van der Waals surface area contributed by atoms with Crippen LogP contribution in [0.5, 0.6) is 0 Å². The number of aromatic nitrogens is 2. The van der Waals surface area contributed by atoms with Gasteiger partial charge in [-0.3, -0.25) is 9.59 Å². The average molecular weight is 331 g/mol. The van der Waals surface area contributed by atoms with Gasteiger partial charge in [0.2, 0.25) is 5.95 Å². The first-order chi connectivity index (χ1) is 11.2. The average Bonchev–Trinajstić information content (AvgIpc) is 2.60. The number of benzene rings is 1. The van der Waals surface area contributed by atoms with Crippen molar-refractivity contribution in [2.45, 2.75) is 11.3 Å². The highest BCUT2D eigenvalue weighted by Crippen LogP contribution is 2.15. The second kappa shape index (κ2) is 8.89. The van der Waals surface area contributed by atoms with Crippen LogP contribution in [0.3, 0.4) is 0 Å². The van der Waals surface area contributed by atoms with E-state index in [1.165, 1.54) is 0 Å². The van der Waals surface area contributed by atoms with Crippen LogP contribution >= 0.6 is 11.8 Å². The number of carbonyl (C=O) groups excluding carboxylic acids is 2. The molecule has 6 nitrogen and oxygen atoms in total. The summed E-state index contributed by atoms with van der Waals surface area (Å²) in [5.74, 6) is -0.210. The van der Waals surface area contributed by atoms with E-state index in [9.17, 15) is 9.59 Å². The van der Waals surface area contributed by atoms with Gasteiger partial charge in [0.1, 0.15) is 0 Å². The van der Waals surface area contributed by atoms with E-state index in [1.54, 1.807) is 42.4 Å². The number of rotatable bonds is 8. The molecule has 120 valence electrons. The molecule has 1 N–H and O–H groups in total. The molecule has 0 saturated heterocycles. The summed E-state index contributed by atoms with van der Waals surface area (Å²) >= 11 is 1.60. The predicted octanol–water partition coefficient (Wildman–Crippen LogP) is 2.43. The van der Waals surface area contributed by atoms with Gasteiger partial charge in [-0.05, 0) is 24.5 Å². The summed E-state index contributed by atoms with van der Waals surface area (Å²) in [4.78, 5) is 32.6.